The van der Waals surface area contributed by atoms with E-state index in [9.17, 15) is 9.59 Å². The Labute approximate surface area is 99.1 Å². The minimum Gasteiger partial charge on any atom is -0.480 e. The molecule has 0 aromatic heterocycles. The molecule has 92 valence electrons. The highest BCUT2D eigenvalue weighted by Crippen LogP contribution is 2.08. The highest BCUT2D eigenvalue weighted by Gasteiger charge is 2.29. The lowest BCUT2D eigenvalue weighted by Gasteiger charge is -2.20. The van der Waals surface area contributed by atoms with E-state index in [1.165, 1.54) is 13.8 Å². The number of carboxylic acid groups (broad SMARTS) is 1. The first-order valence-corrected chi connectivity index (χ1v) is 5.12. The molecule has 0 saturated heterocycles. The molecule has 5 nitrogen and oxygen atoms in total. The smallest absolute Gasteiger partial charge is 0.328 e. The van der Waals surface area contributed by atoms with Gasteiger partial charge in [0.15, 0.2) is 0 Å². The maximum absolute atomic E-state index is 11.7. The van der Waals surface area contributed by atoms with Gasteiger partial charge in [0.25, 0.3) is 5.91 Å². The van der Waals surface area contributed by atoms with Crippen LogP contribution in [0.4, 0.5) is 0 Å². The Bertz CT molecular complexity index is 423. The summed E-state index contributed by atoms with van der Waals surface area (Å²) in [5.41, 5.74) is -0.261. The summed E-state index contributed by atoms with van der Waals surface area (Å²) in [6.07, 6.45) is 0. The third-order valence-corrected chi connectivity index (χ3v) is 2.36. The summed E-state index contributed by atoms with van der Waals surface area (Å²) in [7, 11) is 0. The predicted octanol–water partition coefficient (Wildman–Crippen LogP) is 0.772. The summed E-state index contributed by atoms with van der Waals surface area (Å²) in [5, 5.41) is 20.1. The maximum atomic E-state index is 11.7. The van der Waals surface area contributed by atoms with Gasteiger partial charge in [-0.3, -0.25) is 4.79 Å². The van der Waals surface area contributed by atoms with Gasteiger partial charge in [0.05, 0.1) is 6.61 Å². The fourth-order valence-electron chi connectivity index (χ4n) is 1.17. The molecule has 0 unspecified atom stereocenters. The lowest BCUT2D eigenvalue weighted by molar-refractivity contribution is -0.143. The molecule has 0 heterocycles. The normalized spacial score (nSPS) is 11.0. The summed E-state index contributed by atoms with van der Waals surface area (Å²) in [6.45, 7) is 2.73. The van der Waals surface area contributed by atoms with E-state index >= 15 is 0 Å². The van der Waals surface area contributed by atoms with E-state index in [2.05, 4.69) is 5.32 Å². The minimum atomic E-state index is -1.31. The Balaban J connectivity index is 2.80. The largest absolute Gasteiger partial charge is 0.480 e. The monoisotopic (exact) mass is 237 g/mol. The van der Waals surface area contributed by atoms with Crippen molar-refractivity contribution in [3.8, 4) is 0 Å². The van der Waals surface area contributed by atoms with Crippen molar-refractivity contribution in [1.82, 2.24) is 5.32 Å². The van der Waals surface area contributed by atoms with Gasteiger partial charge in [-0.15, -0.1) is 0 Å². The van der Waals surface area contributed by atoms with Gasteiger partial charge in [0.2, 0.25) is 0 Å². The molecule has 5 heteroatoms. The van der Waals surface area contributed by atoms with Crippen LogP contribution in [0, 0.1) is 0 Å². The van der Waals surface area contributed by atoms with E-state index in [0.717, 1.165) is 0 Å². The molecule has 3 N–H and O–H groups in total. The van der Waals surface area contributed by atoms with Gasteiger partial charge in [0.1, 0.15) is 5.54 Å². The second-order valence-electron chi connectivity index (χ2n) is 4.24. The Morgan fingerprint density at radius 2 is 1.76 bits per heavy atom. The maximum Gasteiger partial charge on any atom is 0.328 e. The van der Waals surface area contributed by atoms with Crippen molar-refractivity contribution in [3.05, 3.63) is 35.4 Å². The van der Waals surface area contributed by atoms with Crippen LogP contribution in [0.1, 0.15) is 29.8 Å². The number of benzene rings is 1. The number of nitrogens with one attached hydrogen (secondary N) is 1. The van der Waals surface area contributed by atoms with Crippen molar-refractivity contribution in [2.24, 2.45) is 0 Å². The highest BCUT2D eigenvalue weighted by molar-refractivity contribution is 5.97. The van der Waals surface area contributed by atoms with Crippen molar-refractivity contribution in [3.63, 3.8) is 0 Å². The second kappa shape index (κ2) is 4.97. The number of aliphatic hydroxyl groups excluding tert-OH is 1. The minimum absolute atomic E-state index is 0.0947. The fourth-order valence-corrected chi connectivity index (χ4v) is 1.17. The molecule has 0 fully saturated rings. The third-order valence-electron chi connectivity index (χ3n) is 2.36. The number of aliphatic hydroxyl groups is 1. The number of rotatable bonds is 4. The van der Waals surface area contributed by atoms with E-state index in [0.29, 0.717) is 11.1 Å². The molecule has 1 aromatic carbocycles. The molecule has 0 radical (unpaired) electrons. The van der Waals surface area contributed by atoms with Gasteiger partial charge in [-0.05, 0) is 31.5 Å². The molecule has 0 bridgehead atoms. The van der Waals surface area contributed by atoms with Crippen LogP contribution in [0.3, 0.4) is 0 Å². The third kappa shape index (κ3) is 3.29. The first kappa shape index (κ1) is 13.2. The molecule has 0 spiro atoms. The Hall–Kier alpha value is -1.88. The standard InChI is InChI=1S/C12H15NO4/c1-12(2,11(16)17)13-10(15)9-5-3-8(7-14)4-6-9/h3-6,14H,7H2,1-2H3,(H,13,15)(H,16,17). The summed E-state index contributed by atoms with van der Waals surface area (Å²) < 4.78 is 0. The first-order valence-electron chi connectivity index (χ1n) is 5.12. The van der Waals surface area contributed by atoms with Crippen LogP contribution < -0.4 is 5.32 Å². The van der Waals surface area contributed by atoms with Crippen LogP contribution in [-0.4, -0.2) is 27.6 Å². The van der Waals surface area contributed by atoms with Crippen molar-refractivity contribution >= 4 is 11.9 Å². The highest BCUT2D eigenvalue weighted by atomic mass is 16.4. The van der Waals surface area contributed by atoms with Crippen LogP contribution >= 0.6 is 0 Å². The SMILES string of the molecule is CC(C)(NC(=O)c1ccc(CO)cc1)C(=O)O. The number of carboxylic acids is 1. The number of carbonyl (C=O) groups excluding carboxylic acids is 1. The topological polar surface area (TPSA) is 86.6 Å². The molecule has 0 aliphatic carbocycles. The van der Waals surface area contributed by atoms with Gasteiger partial charge in [0, 0.05) is 5.56 Å². The van der Waals surface area contributed by atoms with Gasteiger partial charge >= 0.3 is 5.97 Å². The van der Waals surface area contributed by atoms with E-state index in [1.807, 2.05) is 0 Å². The summed E-state index contributed by atoms with van der Waals surface area (Å²) in [6, 6.07) is 6.31. The predicted molar refractivity (Wildman–Crippen MR) is 61.5 cm³/mol. The van der Waals surface area contributed by atoms with Crippen LogP contribution in [0.15, 0.2) is 24.3 Å². The molecule has 1 aromatic rings. The van der Waals surface area contributed by atoms with Crippen molar-refractivity contribution in [2.75, 3.05) is 0 Å². The van der Waals surface area contributed by atoms with Crippen LogP contribution in [-0.2, 0) is 11.4 Å². The average molecular weight is 237 g/mol. The number of amides is 1. The molecule has 0 saturated carbocycles. The van der Waals surface area contributed by atoms with E-state index in [-0.39, 0.29) is 6.61 Å². The number of hydrogen-bond donors (Lipinski definition) is 3. The number of carbonyl (C=O) groups is 2. The van der Waals surface area contributed by atoms with E-state index < -0.39 is 17.4 Å². The Morgan fingerprint density at radius 1 is 1.24 bits per heavy atom. The van der Waals surface area contributed by atoms with Gasteiger partial charge < -0.3 is 15.5 Å². The Kier molecular flexibility index (Phi) is 3.85. The zero-order valence-electron chi connectivity index (χ0n) is 9.73. The zero-order valence-corrected chi connectivity index (χ0v) is 9.73. The van der Waals surface area contributed by atoms with Gasteiger partial charge in [-0.25, -0.2) is 4.79 Å². The molecular weight excluding hydrogens is 222 g/mol. The fraction of sp³-hybridized carbons (Fsp3) is 0.333. The average Bonchev–Trinajstić information content (AvgIpc) is 2.28. The van der Waals surface area contributed by atoms with E-state index in [4.69, 9.17) is 10.2 Å². The lowest BCUT2D eigenvalue weighted by Crippen LogP contribution is -2.49. The second-order valence-corrected chi connectivity index (χ2v) is 4.24. The summed E-state index contributed by atoms with van der Waals surface area (Å²) in [4.78, 5) is 22.6. The van der Waals surface area contributed by atoms with Crippen LogP contribution in [0.5, 0.6) is 0 Å². The molecule has 0 aliphatic heterocycles. The van der Waals surface area contributed by atoms with Crippen LogP contribution in [0.2, 0.25) is 0 Å². The lowest BCUT2D eigenvalue weighted by atomic mass is 10.0. The summed E-state index contributed by atoms with van der Waals surface area (Å²) in [5.74, 6) is -1.56. The molecule has 17 heavy (non-hydrogen) atoms. The number of aliphatic carboxylic acids is 1. The van der Waals surface area contributed by atoms with E-state index in [1.54, 1.807) is 24.3 Å². The first-order chi connectivity index (χ1) is 7.86. The molecule has 1 rings (SSSR count). The Morgan fingerprint density at radius 3 is 2.18 bits per heavy atom. The van der Waals surface area contributed by atoms with Gasteiger partial charge in [-0.1, -0.05) is 12.1 Å². The van der Waals surface area contributed by atoms with Crippen molar-refractivity contribution in [1.29, 1.82) is 0 Å². The van der Waals surface area contributed by atoms with Crippen molar-refractivity contribution in [2.45, 2.75) is 26.0 Å². The van der Waals surface area contributed by atoms with Crippen LogP contribution in [0.25, 0.3) is 0 Å². The molecule has 1 amide bonds. The molecular formula is C12H15NO4. The number of hydrogen-bond acceptors (Lipinski definition) is 3. The van der Waals surface area contributed by atoms with Gasteiger partial charge in [-0.2, -0.15) is 0 Å². The summed E-state index contributed by atoms with van der Waals surface area (Å²) >= 11 is 0. The molecule has 0 aliphatic rings. The zero-order chi connectivity index (χ0) is 13.1. The quantitative estimate of drug-likeness (QED) is 0.722. The molecule has 0 atom stereocenters. The van der Waals surface area contributed by atoms with Crippen molar-refractivity contribution < 1.29 is 19.8 Å².